The lowest BCUT2D eigenvalue weighted by Gasteiger charge is -2.17. The summed E-state index contributed by atoms with van der Waals surface area (Å²) in [5, 5.41) is -0.310. The van der Waals surface area contributed by atoms with Crippen LogP contribution >= 0.6 is 11.8 Å². The van der Waals surface area contributed by atoms with Crippen LogP contribution in [0.15, 0.2) is 78.2 Å². The summed E-state index contributed by atoms with van der Waals surface area (Å²) in [7, 11) is 0. The van der Waals surface area contributed by atoms with Gasteiger partial charge in [-0.25, -0.2) is 0 Å². The highest BCUT2D eigenvalue weighted by Crippen LogP contribution is 2.38. The third kappa shape index (κ3) is 7.12. The number of aryl methyl sites for hydroxylation is 2. The number of allylic oxidation sites excluding steroid dienone is 1. The van der Waals surface area contributed by atoms with E-state index in [1.54, 1.807) is 12.2 Å². The Labute approximate surface area is 234 Å². The summed E-state index contributed by atoms with van der Waals surface area (Å²) in [6.45, 7) is 11.0. The molecule has 7 heteroatoms. The second-order valence-corrected chi connectivity index (χ2v) is 10.2. The van der Waals surface area contributed by atoms with Gasteiger partial charge >= 0.3 is 0 Å². The molecule has 4 rings (SSSR count). The maximum absolute atomic E-state index is 13.1. The number of imide groups is 1. The Morgan fingerprint density at radius 2 is 1.74 bits per heavy atom. The minimum atomic E-state index is -0.331. The van der Waals surface area contributed by atoms with E-state index in [9.17, 15) is 9.59 Å². The van der Waals surface area contributed by atoms with Crippen LogP contribution in [0.1, 0.15) is 34.7 Å². The van der Waals surface area contributed by atoms with Crippen LogP contribution in [0, 0.1) is 13.8 Å². The van der Waals surface area contributed by atoms with Crippen LogP contribution in [0.4, 0.5) is 4.79 Å². The molecule has 0 radical (unpaired) electrons. The summed E-state index contributed by atoms with van der Waals surface area (Å²) in [5.41, 5.74) is 4.78. The van der Waals surface area contributed by atoms with Gasteiger partial charge in [0.15, 0.2) is 11.5 Å². The van der Waals surface area contributed by atoms with E-state index in [0.29, 0.717) is 36.0 Å². The van der Waals surface area contributed by atoms with Crippen molar-refractivity contribution >= 4 is 29.0 Å². The van der Waals surface area contributed by atoms with Crippen LogP contribution in [0.5, 0.6) is 17.2 Å². The number of carbonyl (C=O) groups is 2. The minimum absolute atomic E-state index is 0.174. The molecule has 0 unspecified atom stereocenters. The topological polar surface area (TPSA) is 65.1 Å². The van der Waals surface area contributed by atoms with Gasteiger partial charge in [0.05, 0.1) is 18.1 Å². The van der Waals surface area contributed by atoms with E-state index < -0.39 is 0 Å². The molecule has 2 amide bonds. The molecular weight excluding hydrogens is 510 g/mol. The van der Waals surface area contributed by atoms with Gasteiger partial charge < -0.3 is 14.2 Å². The molecule has 0 aliphatic carbocycles. The zero-order valence-corrected chi connectivity index (χ0v) is 23.4. The van der Waals surface area contributed by atoms with Crippen molar-refractivity contribution in [1.82, 2.24) is 4.90 Å². The summed E-state index contributed by atoms with van der Waals surface area (Å²) in [6, 6.07) is 19.7. The van der Waals surface area contributed by atoms with Crippen molar-refractivity contribution in [3.63, 3.8) is 0 Å². The third-order valence-electron chi connectivity index (χ3n) is 6.13. The van der Waals surface area contributed by atoms with Gasteiger partial charge in [-0.1, -0.05) is 48.5 Å². The fourth-order valence-corrected chi connectivity index (χ4v) is 5.05. The average molecular weight is 544 g/mol. The van der Waals surface area contributed by atoms with Crippen LogP contribution in [0.2, 0.25) is 0 Å². The average Bonchev–Trinajstić information content (AvgIpc) is 3.18. The van der Waals surface area contributed by atoms with E-state index in [2.05, 4.69) is 6.58 Å². The highest BCUT2D eigenvalue weighted by Gasteiger charge is 2.35. The third-order valence-corrected chi connectivity index (χ3v) is 7.04. The highest BCUT2D eigenvalue weighted by molar-refractivity contribution is 8.18. The largest absolute Gasteiger partial charge is 0.491 e. The van der Waals surface area contributed by atoms with Gasteiger partial charge in [-0.2, -0.15) is 0 Å². The molecule has 3 aromatic rings. The van der Waals surface area contributed by atoms with Gasteiger partial charge in [-0.3, -0.25) is 14.5 Å². The van der Waals surface area contributed by atoms with Crippen molar-refractivity contribution in [2.45, 2.75) is 33.8 Å². The molecule has 0 spiro atoms. The molecule has 1 fully saturated rings. The van der Waals surface area contributed by atoms with Crippen molar-refractivity contribution in [2.24, 2.45) is 0 Å². The van der Waals surface area contributed by atoms with E-state index in [4.69, 9.17) is 14.2 Å². The number of nitrogens with zero attached hydrogens (tertiary/aromatic N) is 1. The van der Waals surface area contributed by atoms with Crippen molar-refractivity contribution in [1.29, 1.82) is 0 Å². The molecule has 0 atom stereocenters. The van der Waals surface area contributed by atoms with Crippen molar-refractivity contribution in [2.75, 3.05) is 19.8 Å². The van der Waals surface area contributed by atoms with E-state index in [1.165, 1.54) is 4.90 Å². The number of thioether (sulfide) groups is 1. The number of carbonyl (C=O) groups excluding carboxylic acids is 2. The smallest absolute Gasteiger partial charge is 0.293 e. The second-order valence-electron chi connectivity index (χ2n) is 9.16. The van der Waals surface area contributed by atoms with E-state index >= 15 is 0 Å². The second kappa shape index (κ2) is 13.2. The number of hydrogen-bond donors (Lipinski definition) is 0. The first-order valence-electron chi connectivity index (χ1n) is 12.9. The molecular formula is C32H33NO5S. The van der Waals surface area contributed by atoms with Crippen molar-refractivity contribution < 1.29 is 23.8 Å². The van der Waals surface area contributed by atoms with Crippen molar-refractivity contribution in [3.8, 4) is 17.2 Å². The Morgan fingerprint density at radius 1 is 0.949 bits per heavy atom. The predicted molar refractivity (Wildman–Crippen MR) is 156 cm³/mol. The van der Waals surface area contributed by atoms with Crippen LogP contribution in [-0.4, -0.2) is 35.8 Å². The first kappa shape index (κ1) is 28.0. The Kier molecular flexibility index (Phi) is 9.49. The standard InChI is InChI=1S/C32H33NO5S/c1-5-10-26-18-25(19-28(36-6-2)30(26)38-21-24-11-8-7-9-12-24)20-29-31(34)33(32(35)39-29)15-16-37-27-17-22(3)13-14-23(27)4/h5,7-9,11-14,17-20H,1,6,10,15-16,21H2,2-4H3/b29-20-. The molecule has 0 bridgehead atoms. The van der Waals surface area contributed by atoms with Gasteiger partial charge in [-0.15, -0.1) is 6.58 Å². The van der Waals surface area contributed by atoms with Crippen LogP contribution < -0.4 is 14.2 Å². The quantitative estimate of drug-likeness (QED) is 0.179. The maximum Gasteiger partial charge on any atom is 0.293 e. The minimum Gasteiger partial charge on any atom is -0.491 e. The van der Waals surface area contributed by atoms with Gasteiger partial charge in [0.2, 0.25) is 0 Å². The number of benzene rings is 3. The lowest BCUT2D eigenvalue weighted by molar-refractivity contribution is -0.123. The zero-order chi connectivity index (χ0) is 27.8. The maximum atomic E-state index is 13.1. The van der Waals surface area contributed by atoms with Gasteiger partial charge in [-0.05, 0) is 85.5 Å². The number of ether oxygens (including phenoxy) is 3. The molecule has 202 valence electrons. The molecule has 6 nitrogen and oxygen atoms in total. The Bertz CT molecular complexity index is 1380. The lowest BCUT2D eigenvalue weighted by atomic mass is 10.0. The Balaban J connectivity index is 1.52. The molecule has 1 aliphatic heterocycles. The first-order valence-corrected chi connectivity index (χ1v) is 13.7. The fourth-order valence-electron chi connectivity index (χ4n) is 4.18. The summed E-state index contributed by atoms with van der Waals surface area (Å²) in [4.78, 5) is 27.4. The van der Waals surface area contributed by atoms with Crippen LogP contribution in [0.3, 0.4) is 0 Å². The highest BCUT2D eigenvalue weighted by atomic mass is 32.2. The molecule has 1 saturated heterocycles. The molecule has 3 aromatic carbocycles. The van der Waals surface area contributed by atoms with Gasteiger partial charge in [0.25, 0.3) is 11.1 Å². The van der Waals surface area contributed by atoms with E-state index in [1.807, 2.05) is 81.4 Å². The number of amides is 2. The van der Waals surface area contributed by atoms with Crippen LogP contribution in [0.25, 0.3) is 6.08 Å². The molecule has 0 saturated carbocycles. The number of hydrogen-bond acceptors (Lipinski definition) is 6. The van der Waals surface area contributed by atoms with Crippen LogP contribution in [-0.2, 0) is 17.8 Å². The van der Waals surface area contributed by atoms with Gasteiger partial charge in [0.1, 0.15) is 19.0 Å². The predicted octanol–water partition coefficient (Wildman–Crippen LogP) is 7.12. The summed E-state index contributed by atoms with van der Waals surface area (Å²) in [6.07, 6.45) is 4.09. The zero-order valence-electron chi connectivity index (χ0n) is 22.6. The fraction of sp³-hybridized carbons (Fsp3) is 0.250. The Hall–Kier alpha value is -3.97. The summed E-state index contributed by atoms with van der Waals surface area (Å²) < 4.78 is 18.0. The molecule has 0 aromatic heterocycles. The van der Waals surface area contributed by atoms with Crippen molar-refractivity contribution in [3.05, 3.63) is 106 Å². The summed E-state index contributed by atoms with van der Waals surface area (Å²) >= 11 is 0.929. The van der Waals surface area contributed by atoms with E-state index in [0.717, 1.165) is 45.3 Å². The Morgan fingerprint density at radius 3 is 2.49 bits per heavy atom. The SMILES string of the molecule is C=CCc1cc(/C=C2\SC(=O)N(CCOc3cc(C)ccc3C)C2=O)cc(OCC)c1OCc1ccccc1. The normalized spacial score (nSPS) is 14.1. The number of rotatable bonds is 12. The van der Waals surface area contributed by atoms with E-state index in [-0.39, 0.29) is 24.3 Å². The molecule has 1 aliphatic rings. The first-order chi connectivity index (χ1) is 18.9. The lowest BCUT2D eigenvalue weighted by Crippen LogP contribution is -2.32. The van der Waals surface area contributed by atoms with Gasteiger partial charge in [0, 0.05) is 5.56 Å². The molecule has 39 heavy (non-hydrogen) atoms. The summed E-state index contributed by atoms with van der Waals surface area (Å²) in [5.74, 6) is 1.65. The monoisotopic (exact) mass is 543 g/mol. The molecule has 1 heterocycles. The molecule has 0 N–H and O–H groups in total.